The second-order valence-electron chi connectivity index (χ2n) is 5.46. The van der Waals surface area contributed by atoms with E-state index in [-0.39, 0.29) is 17.6 Å². The van der Waals surface area contributed by atoms with Crippen molar-refractivity contribution in [2.45, 2.75) is 25.2 Å². The first-order valence-corrected chi connectivity index (χ1v) is 6.93. The highest BCUT2D eigenvalue weighted by molar-refractivity contribution is 5.80. The van der Waals surface area contributed by atoms with Gasteiger partial charge < -0.3 is 4.90 Å². The van der Waals surface area contributed by atoms with E-state index in [9.17, 15) is 9.18 Å². The zero-order chi connectivity index (χ0) is 13.2. The Morgan fingerprint density at radius 1 is 1.16 bits per heavy atom. The Morgan fingerprint density at radius 2 is 1.84 bits per heavy atom. The van der Waals surface area contributed by atoms with Crippen LogP contribution >= 0.6 is 0 Å². The van der Waals surface area contributed by atoms with Crippen molar-refractivity contribution in [1.82, 2.24) is 4.90 Å². The summed E-state index contributed by atoms with van der Waals surface area (Å²) < 4.78 is 12.9. The lowest BCUT2D eigenvalue weighted by Gasteiger charge is -2.20. The molecule has 0 spiro atoms. The standard InChI is InChI=1S/C16H18FNO/c17-15-7-5-12(6-8-15)14-9-10-18(11-14)16(19)13-3-1-2-4-13/h1-2,5-8,13-14H,3-4,9-11H2/t14-/m0/s1. The average Bonchev–Trinajstić information content (AvgIpc) is 3.10. The van der Waals surface area contributed by atoms with Crippen molar-refractivity contribution in [3.05, 3.63) is 47.8 Å². The first kappa shape index (κ1) is 12.4. The minimum Gasteiger partial charge on any atom is -0.342 e. The summed E-state index contributed by atoms with van der Waals surface area (Å²) in [6.07, 6.45) is 6.94. The molecule has 1 aromatic rings. The van der Waals surface area contributed by atoms with Crippen LogP contribution in [0.15, 0.2) is 36.4 Å². The summed E-state index contributed by atoms with van der Waals surface area (Å²) in [6, 6.07) is 6.68. The number of hydrogen-bond donors (Lipinski definition) is 0. The number of amides is 1. The number of carbonyl (C=O) groups is 1. The molecule has 0 bridgehead atoms. The summed E-state index contributed by atoms with van der Waals surface area (Å²) in [5, 5.41) is 0. The smallest absolute Gasteiger partial charge is 0.226 e. The van der Waals surface area contributed by atoms with Gasteiger partial charge in [0.1, 0.15) is 5.82 Å². The van der Waals surface area contributed by atoms with Crippen LogP contribution < -0.4 is 0 Å². The minimum atomic E-state index is -0.202. The summed E-state index contributed by atoms with van der Waals surface area (Å²) in [5.41, 5.74) is 1.14. The topological polar surface area (TPSA) is 20.3 Å². The molecule has 3 rings (SSSR count). The van der Waals surface area contributed by atoms with Crippen molar-refractivity contribution >= 4 is 5.91 Å². The molecule has 3 heteroatoms. The highest BCUT2D eigenvalue weighted by Crippen LogP contribution is 2.30. The van der Waals surface area contributed by atoms with Crippen LogP contribution in [0.4, 0.5) is 4.39 Å². The van der Waals surface area contributed by atoms with Crippen molar-refractivity contribution in [3.63, 3.8) is 0 Å². The molecule has 0 N–H and O–H groups in total. The second-order valence-corrected chi connectivity index (χ2v) is 5.46. The van der Waals surface area contributed by atoms with Crippen LogP contribution in [0.2, 0.25) is 0 Å². The van der Waals surface area contributed by atoms with Crippen molar-refractivity contribution in [3.8, 4) is 0 Å². The quantitative estimate of drug-likeness (QED) is 0.747. The number of allylic oxidation sites excluding steroid dienone is 2. The van der Waals surface area contributed by atoms with Crippen LogP contribution in [0.1, 0.15) is 30.7 Å². The molecule has 2 aliphatic rings. The van der Waals surface area contributed by atoms with E-state index >= 15 is 0 Å². The largest absolute Gasteiger partial charge is 0.342 e. The molecule has 1 aromatic carbocycles. The number of nitrogens with zero attached hydrogens (tertiary/aromatic N) is 1. The molecule has 1 amide bonds. The van der Waals surface area contributed by atoms with E-state index in [1.54, 1.807) is 0 Å². The number of carbonyl (C=O) groups excluding carboxylic acids is 1. The minimum absolute atomic E-state index is 0.159. The van der Waals surface area contributed by atoms with E-state index in [2.05, 4.69) is 12.2 Å². The van der Waals surface area contributed by atoms with Gasteiger partial charge in [-0.3, -0.25) is 4.79 Å². The lowest BCUT2D eigenvalue weighted by molar-refractivity contribution is -0.134. The van der Waals surface area contributed by atoms with Crippen LogP contribution in [0.25, 0.3) is 0 Å². The zero-order valence-electron chi connectivity index (χ0n) is 10.9. The normalized spacial score (nSPS) is 23.2. The summed E-state index contributed by atoms with van der Waals surface area (Å²) in [5.74, 6) is 0.604. The lowest BCUT2D eigenvalue weighted by Crippen LogP contribution is -2.33. The fourth-order valence-electron chi connectivity index (χ4n) is 3.04. The number of benzene rings is 1. The van der Waals surface area contributed by atoms with Gasteiger partial charge in [0, 0.05) is 24.9 Å². The Morgan fingerprint density at radius 3 is 2.53 bits per heavy atom. The molecule has 0 aromatic heterocycles. The molecule has 19 heavy (non-hydrogen) atoms. The molecular formula is C16H18FNO. The molecular weight excluding hydrogens is 241 g/mol. The summed E-state index contributed by atoms with van der Waals surface area (Å²) in [4.78, 5) is 14.3. The second kappa shape index (κ2) is 5.16. The third-order valence-corrected chi connectivity index (χ3v) is 4.20. The van der Waals surface area contributed by atoms with Gasteiger partial charge in [-0.05, 0) is 37.0 Å². The predicted octanol–water partition coefficient (Wildman–Crippen LogP) is 3.11. The van der Waals surface area contributed by atoms with Crippen LogP contribution in [-0.2, 0) is 4.79 Å². The third kappa shape index (κ3) is 2.55. The van der Waals surface area contributed by atoms with Gasteiger partial charge in [-0.25, -0.2) is 4.39 Å². The maximum absolute atomic E-state index is 12.9. The molecule has 2 nitrogen and oxygen atoms in total. The number of likely N-dealkylation sites (tertiary alicyclic amines) is 1. The van der Waals surface area contributed by atoms with Gasteiger partial charge in [-0.1, -0.05) is 24.3 Å². The third-order valence-electron chi connectivity index (χ3n) is 4.20. The Bertz CT molecular complexity index is 486. The van der Waals surface area contributed by atoms with E-state index in [4.69, 9.17) is 0 Å². The highest BCUT2D eigenvalue weighted by Gasteiger charge is 2.31. The predicted molar refractivity (Wildman–Crippen MR) is 72.2 cm³/mol. The fourth-order valence-corrected chi connectivity index (χ4v) is 3.04. The van der Waals surface area contributed by atoms with Crippen LogP contribution in [0, 0.1) is 11.7 Å². The summed E-state index contributed by atoms with van der Waals surface area (Å²) >= 11 is 0. The van der Waals surface area contributed by atoms with E-state index in [1.807, 2.05) is 17.0 Å². The van der Waals surface area contributed by atoms with Gasteiger partial charge >= 0.3 is 0 Å². The van der Waals surface area contributed by atoms with Crippen molar-refractivity contribution in [1.29, 1.82) is 0 Å². The van der Waals surface area contributed by atoms with Gasteiger partial charge in [0.15, 0.2) is 0 Å². The van der Waals surface area contributed by atoms with Gasteiger partial charge in [0.2, 0.25) is 5.91 Å². The van der Waals surface area contributed by atoms with Gasteiger partial charge in [0.05, 0.1) is 0 Å². The Hall–Kier alpha value is -1.64. The average molecular weight is 259 g/mol. The first-order valence-electron chi connectivity index (χ1n) is 6.93. The molecule has 0 unspecified atom stereocenters. The maximum atomic E-state index is 12.9. The first-order chi connectivity index (χ1) is 9.24. The molecule has 1 aliphatic heterocycles. The molecule has 100 valence electrons. The van der Waals surface area contributed by atoms with Crippen molar-refractivity contribution in [2.75, 3.05) is 13.1 Å². The number of halogens is 1. The number of hydrogen-bond acceptors (Lipinski definition) is 1. The lowest BCUT2D eigenvalue weighted by atomic mass is 9.98. The molecule has 0 saturated carbocycles. The fraction of sp³-hybridized carbons (Fsp3) is 0.438. The van der Waals surface area contributed by atoms with E-state index < -0.39 is 0 Å². The highest BCUT2D eigenvalue weighted by atomic mass is 19.1. The van der Waals surface area contributed by atoms with Gasteiger partial charge in [0.25, 0.3) is 0 Å². The Balaban J connectivity index is 1.63. The van der Waals surface area contributed by atoms with Crippen LogP contribution in [-0.4, -0.2) is 23.9 Å². The Labute approximate surface area is 112 Å². The molecule has 1 saturated heterocycles. The van der Waals surface area contributed by atoms with Crippen molar-refractivity contribution in [2.24, 2.45) is 5.92 Å². The van der Waals surface area contributed by atoms with E-state index in [1.165, 1.54) is 12.1 Å². The zero-order valence-corrected chi connectivity index (χ0v) is 10.9. The molecule has 1 atom stereocenters. The van der Waals surface area contributed by atoms with Crippen LogP contribution in [0.5, 0.6) is 0 Å². The van der Waals surface area contributed by atoms with E-state index in [0.29, 0.717) is 5.92 Å². The molecule has 0 radical (unpaired) electrons. The number of rotatable bonds is 2. The molecule has 1 fully saturated rings. The van der Waals surface area contributed by atoms with E-state index in [0.717, 1.165) is 37.9 Å². The summed E-state index contributed by atoms with van der Waals surface area (Å²) in [6.45, 7) is 1.61. The molecule has 1 aliphatic carbocycles. The summed E-state index contributed by atoms with van der Waals surface area (Å²) in [7, 11) is 0. The van der Waals surface area contributed by atoms with Gasteiger partial charge in [-0.2, -0.15) is 0 Å². The molecule has 1 heterocycles. The van der Waals surface area contributed by atoms with Crippen molar-refractivity contribution < 1.29 is 9.18 Å². The maximum Gasteiger partial charge on any atom is 0.226 e. The monoisotopic (exact) mass is 259 g/mol. The SMILES string of the molecule is O=C(C1CC=CC1)N1CC[C@H](c2ccc(F)cc2)C1. The Kier molecular flexibility index (Phi) is 3.36. The van der Waals surface area contributed by atoms with Crippen LogP contribution in [0.3, 0.4) is 0 Å². The van der Waals surface area contributed by atoms with Gasteiger partial charge in [-0.15, -0.1) is 0 Å².